The van der Waals surface area contributed by atoms with Gasteiger partial charge in [0, 0.05) is 11.5 Å². The Morgan fingerprint density at radius 3 is 2.36 bits per heavy atom. The van der Waals surface area contributed by atoms with Crippen LogP contribution in [-0.4, -0.2) is 12.6 Å². The molecule has 0 bridgehead atoms. The van der Waals surface area contributed by atoms with E-state index in [9.17, 15) is 0 Å². The molecule has 0 spiro atoms. The van der Waals surface area contributed by atoms with Crippen LogP contribution in [-0.2, 0) is 0 Å². The smallest absolute Gasteiger partial charge is 0.0296 e. The van der Waals surface area contributed by atoms with E-state index in [1.807, 2.05) is 0 Å². The summed E-state index contributed by atoms with van der Waals surface area (Å²) in [7, 11) is 0. The molecule has 0 aromatic carbocycles. The summed E-state index contributed by atoms with van der Waals surface area (Å²) in [6.45, 7) is 9.87. The first-order valence-corrected chi connectivity index (χ1v) is 5.83. The van der Waals surface area contributed by atoms with Gasteiger partial charge in [-0.1, -0.05) is 20.8 Å². The van der Waals surface area contributed by atoms with Crippen LogP contribution >= 0.6 is 0 Å². The molecule has 1 heteroatoms. The second-order valence-corrected chi connectivity index (χ2v) is 4.32. The molecule has 0 aliphatic carbocycles. The predicted octanol–water partition coefficient (Wildman–Crippen LogP) is 3.20. The zero-order chi connectivity index (χ0) is 11.0. The molecule has 14 heavy (non-hydrogen) atoms. The summed E-state index contributed by atoms with van der Waals surface area (Å²) in [5, 5.41) is 3.55. The minimum absolute atomic E-state index is 0.0709. The molecule has 82 valence electrons. The van der Waals surface area contributed by atoms with E-state index < -0.39 is 0 Å². The van der Waals surface area contributed by atoms with Crippen molar-refractivity contribution in [1.82, 2.24) is 5.32 Å². The fourth-order valence-corrected chi connectivity index (χ4v) is 1.56. The molecule has 0 saturated heterocycles. The number of terminal acetylenes is 1. The normalized spacial score (nSPS) is 17.1. The zero-order valence-corrected chi connectivity index (χ0v) is 10.2. The molecular formula is C13H25N. The Morgan fingerprint density at radius 2 is 2.00 bits per heavy atom. The van der Waals surface area contributed by atoms with E-state index in [1.54, 1.807) is 0 Å². The molecule has 1 nitrogen and oxygen atoms in total. The number of nitrogens with one attached hydrogen (secondary N) is 1. The van der Waals surface area contributed by atoms with Gasteiger partial charge in [0.2, 0.25) is 0 Å². The van der Waals surface area contributed by atoms with Gasteiger partial charge in [-0.2, -0.15) is 0 Å². The third kappa shape index (κ3) is 4.67. The molecule has 0 aliphatic heterocycles. The van der Waals surface area contributed by atoms with Gasteiger partial charge in [-0.3, -0.25) is 0 Å². The van der Waals surface area contributed by atoms with E-state index in [2.05, 4.69) is 38.9 Å². The van der Waals surface area contributed by atoms with Gasteiger partial charge in [0.1, 0.15) is 0 Å². The van der Waals surface area contributed by atoms with Gasteiger partial charge in [-0.05, 0) is 39.2 Å². The maximum absolute atomic E-state index is 5.57. The van der Waals surface area contributed by atoms with Crippen molar-refractivity contribution in [3.8, 4) is 12.3 Å². The highest BCUT2D eigenvalue weighted by Crippen LogP contribution is 2.26. The van der Waals surface area contributed by atoms with Crippen molar-refractivity contribution in [2.75, 3.05) is 6.54 Å². The summed E-state index contributed by atoms with van der Waals surface area (Å²) in [6, 6.07) is 0.580. The van der Waals surface area contributed by atoms with Crippen molar-refractivity contribution in [1.29, 1.82) is 0 Å². The third-order valence-electron chi connectivity index (χ3n) is 3.00. The molecule has 0 saturated carbocycles. The van der Waals surface area contributed by atoms with Crippen molar-refractivity contribution >= 4 is 0 Å². The Hall–Kier alpha value is -0.480. The van der Waals surface area contributed by atoms with E-state index in [0.29, 0.717) is 6.04 Å². The summed E-state index contributed by atoms with van der Waals surface area (Å²) < 4.78 is 0. The third-order valence-corrected chi connectivity index (χ3v) is 3.00. The second kappa shape index (κ2) is 6.90. The largest absolute Gasteiger partial charge is 0.314 e. The van der Waals surface area contributed by atoms with Crippen molar-refractivity contribution in [3.63, 3.8) is 0 Å². The van der Waals surface area contributed by atoms with Gasteiger partial charge < -0.3 is 5.32 Å². The quantitative estimate of drug-likeness (QED) is 0.615. The maximum atomic E-state index is 5.57. The van der Waals surface area contributed by atoms with Gasteiger partial charge in [0.15, 0.2) is 0 Å². The Kier molecular flexibility index (Phi) is 6.66. The van der Waals surface area contributed by atoms with Crippen molar-refractivity contribution in [2.45, 2.75) is 59.4 Å². The minimum Gasteiger partial charge on any atom is -0.314 e. The molecular weight excluding hydrogens is 170 g/mol. The minimum atomic E-state index is 0.0709. The molecule has 1 N–H and O–H groups in total. The van der Waals surface area contributed by atoms with Crippen LogP contribution in [0.2, 0.25) is 0 Å². The van der Waals surface area contributed by atoms with E-state index >= 15 is 0 Å². The summed E-state index contributed by atoms with van der Waals surface area (Å²) in [6.07, 6.45) is 10.1. The van der Waals surface area contributed by atoms with Gasteiger partial charge in [0.25, 0.3) is 0 Å². The van der Waals surface area contributed by atoms with E-state index in [1.165, 1.54) is 6.42 Å². The summed E-state index contributed by atoms with van der Waals surface area (Å²) in [5.74, 6) is 2.93. The molecule has 0 aromatic heterocycles. The molecule has 0 aliphatic rings. The van der Waals surface area contributed by atoms with E-state index in [4.69, 9.17) is 6.42 Å². The van der Waals surface area contributed by atoms with Gasteiger partial charge in [-0.15, -0.1) is 12.3 Å². The lowest BCUT2D eigenvalue weighted by atomic mass is 9.81. The van der Waals surface area contributed by atoms with Crippen molar-refractivity contribution in [3.05, 3.63) is 0 Å². The summed E-state index contributed by atoms with van der Waals surface area (Å²) in [4.78, 5) is 0. The van der Waals surface area contributed by atoms with Gasteiger partial charge >= 0.3 is 0 Å². The molecule has 2 unspecified atom stereocenters. The molecule has 0 fully saturated rings. The fraction of sp³-hybridized carbons (Fsp3) is 0.846. The molecule has 0 radical (unpaired) electrons. The summed E-state index contributed by atoms with van der Waals surface area (Å²) in [5.41, 5.74) is 0.0709. The number of hydrogen-bond acceptors (Lipinski definition) is 1. The van der Waals surface area contributed by atoms with Crippen LogP contribution in [0.4, 0.5) is 0 Å². The van der Waals surface area contributed by atoms with Crippen molar-refractivity contribution in [2.24, 2.45) is 5.41 Å². The standard InChI is InChI=1S/C13H25N/c1-6-10-14-12(7-2)11-13(5,8-3)9-4/h3,12,14H,6-7,9-11H2,1-2,4-5H3. The lowest BCUT2D eigenvalue weighted by molar-refractivity contribution is 0.317. The van der Waals surface area contributed by atoms with Crippen molar-refractivity contribution < 1.29 is 0 Å². The van der Waals surface area contributed by atoms with Crippen LogP contribution in [0, 0.1) is 17.8 Å². The van der Waals surface area contributed by atoms with Crippen LogP contribution in [0.3, 0.4) is 0 Å². The highest BCUT2D eigenvalue weighted by molar-refractivity contribution is 5.03. The van der Waals surface area contributed by atoms with Gasteiger partial charge in [-0.25, -0.2) is 0 Å². The molecule has 0 amide bonds. The van der Waals surface area contributed by atoms with Gasteiger partial charge in [0.05, 0.1) is 0 Å². The SMILES string of the molecule is C#CC(C)(CC)CC(CC)NCCC. The molecule has 0 rings (SSSR count). The van der Waals surface area contributed by atoms with Crippen LogP contribution in [0.25, 0.3) is 0 Å². The Morgan fingerprint density at radius 1 is 1.36 bits per heavy atom. The van der Waals surface area contributed by atoms with Crippen LogP contribution < -0.4 is 5.32 Å². The topological polar surface area (TPSA) is 12.0 Å². The summed E-state index contributed by atoms with van der Waals surface area (Å²) >= 11 is 0. The highest BCUT2D eigenvalue weighted by Gasteiger charge is 2.22. The maximum Gasteiger partial charge on any atom is 0.0296 e. The molecule has 0 heterocycles. The average Bonchev–Trinajstić information content (AvgIpc) is 2.23. The Bertz CT molecular complexity index is 180. The lowest BCUT2D eigenvalue weighted by Gasteiger charge is -2.27. The molecule has 2 atom stereocenters. The first-order valence-electron chi connectivity index (χ1n) is 5.83. The van der Waals surface area contributed by atoms with Crippen LogP contribution in [0.1, 0.15) is 53.4 Å². The Labute approximate surface area is 89.7 Å². The lowest BCUT2D eigenvalue weighted by Crippen LogP contribution is -2.34. The Balaban J connectivity index is 4.09. The fourth-order valence-electron chi connectivity index (χ4n) is 1.56. The van der Waals surface area contributed by atoms with E-state index in [0.717, 1.165) is 25.8 Å². The first kappa shape index (κ1) is 13.5. The highest BCUT2D eigenvalue weighted by atomic mass is 14.9. The number of rotatable bonds is 7. The predicted molar refractivity (Wildman–Crippen MR) is 64.2 cm³/mol. The first-order chi connectivity index (χ1) is 6.61. The number of hydrogen-bond donors (Lipinski definition) is 1. The zero-order valence-electron chi connectivity index (χ0n) is 10.2. The monoisotopic (exact) mass is 195 g/mol. The van der Waals surface area contributed by atoms with Crippen LogP contribution in [0.5, 0.6) is 0 Å². The van der Waals surface area contributed by atoms with E-state index in [-0.39, 0.29) is 5.41 Å². The second-order valence-electron chi connectivity index (χ2n) is 4.32. The molecule has 0 aromatic rings. The average molecular weight is 195 g/mol. The van der Waals surface area contributed by atoms with Crippen LogP contribution in [0.15, 0.2) is 0 Å².